The number of nitrogens with one attached hydrogen (secondary N) is 1. The summed E-state index contributed by atoms with van der Waals surface area (Å²) in [6.45, 7) is 4.43. The maximum Gasteiger partial charge on any atom is 0.265 e. The third-order valence-electron chi connectivity index (χ3n) is 4.87. The van der Waals surface area contributed by atoms with Gasteiger partial charge >= 0.3 is 0 Å². The van der Waals surface area contributed by atoms with Crippen LogP contribution in [0.5, 0.6) is 11.5 Å². The molecule has 0 radical (unpaired) electrons. The van der Waals surface area contributed by atoms with Crippen LogP contribution in [0, 0.1) is 5.92 Å². The van der Waals surface area contributed by atoms with Crippen LogP contribution in [0.3, 0.4) is 0 Å². The minimum Gasteiger partial charge on any atom is -0.497 e. The Morgan fingerprint density at radius 1 is 1.10 bits per heavy atom. The van der Waals surface area contributed by atoms with Gasteiger partial charge in [0, 0.05) is 29.9 Å². The summed E-state index contributed by atoms with van der Waals surface area (Å²) >= 11 is 0. The first-order chi connectivity index (χ1) is 13.8. The van der Waals surface area contributed by atoms with Crippen molar-refractivity contribution < 1.29 is 22.7 Å². The minimum atomic E-state index is -3.86. The van der Waals surface area contributed by atoms with Gasteiger partial charge in [-0.2, -0.15) is 0 Å². The molecule has 0 unspecified atom stereocenters. The number of aryl methyl sites for hydroxylation is 1. The number of amides is 1. The Kier molecular flexibility index (Phi) is 6.02. The summed E-state index contributed by atoms with van der Waals surface area (Å²) in [6, 6.07) is 9.82. The number of carbonyl (C=O) groups is 1. The Morgan fingerprint density at radius 3 is 2.52 bits per heavy atom. The van der Waals surface area contributed by atoms with Gasteiger partial charge in [-0.25, -0.2) is 8.42 Å². The van der Waals surface area contributed by atoms with E-state index in [2.05, 4.69) is 4.72 Å². The van der Waals surface area contributed by atoms with Crippen molar-refractivity contribution in [1.29, 1.82) is 0 Å². The van der Waals surface area contributed by atoms with E-state index in [0.717, 1.165) is 24.1 Å². The molecule has 0 saturated carbocycles. The molecule has 1 aliphatic rings. The standard InChI is InChI=1S/C21H26N2O5S/c1-14(2)21(24)23-11-5-6-15-12-16(7-9-18(15)23)22-29(25,26)20-10-8-17(27-3)13-19(20)28-4/h7-10,12-14,22H,5-6,11H2,1-4H3. The monoisotopic (exact) mass is 418 g/mol. The van der Waals surface area contributed by atoms with Crippen LogP contribution in [0.4, 0.5) is 11.4 Å². The van der Waals surface area contributed by atoms with Crippen molar-refractivity contribution in [2.45, 2.75) is 31.6 Å². The number of benzene rings is 2. The van der Waals surface area contributed by atoms with E-state index in [4.69, 9.17) is 9.47 Å². The number of sulfonamides is 1. The lowest BCUT2D eigenvalue weighted by atomic mass is 9.99. The summed E-state index contributed by atoms with van der Waals surface area (Å²) in [7, 11) is -0.951. The Bertz CT molecular complexity index is 1020. The highest BCUT2D eigenvalue weighted by Gasteiger charge is 2.26. The lowest BCUT2D eigenvalue weighted by molar-refractivity contribution is -0.121. The first-order valence-electron chi connectivity index (χ1n) is 9.46. The third kappa shape index (κ3) is 4.32. The van der Waals surface area contributed by atoms with E-state index < -0.39 is 10.0 Å². The van der Waals surface area contributed by atoms with Crippen LogP contribution in [-0.4, -0.2) is 35.1 Å². The van der Waals surface area contributed by atoms with Crippen LogP contribution in [0.2, 0.25) is 0 Å². The smallest absolute Gasteiger partial charge is 0.265 e. The maximum atomic E-state index is 12.9. The summed E-state index contributed by atoms with van der Waals surface area (Å²) in [6.07, 6.45) is 1.63. The number of rotatable bonds is 6. The highest BCUT2D eigenvalue weighted by molar-refractivity contribution is 7.92. The molecule has 3 rings (SSSR count). The summed E-state index contributed by atoms with van der Waals surface area (Å²) in [5.74, 6) is 0.678. The molecule has 0 bridgehead atoms. The molecule has 8 heteroatoms. The van der Waals surface area contributed by atoms with Crippen molar-refractivity contribution in [3.63, 3.8) is 0 Å². The van der Waals surface area contributed by atoms with Gasteiger partial charge in [0.1, 0.15) is 16.4 Å². The van der Waals surface area contributed by atoms with E-state index in [1.807, 2.05) is 13.8 Å². The predicted octanol–water partition coefficient (Wildman–Crippen LogP) is 3.44. The van der Waals surface area contributed by atoms with Crippen molar-refractivity contribution in [3.05, 3.63) is 42.0 Å². The van der Waals surface area contributed by atoms with Crippen molar-refractivity contribution in [3.8, 4) is 11.5 Å². The number of nitrogens with zero attached hydrogens (tertiary/aromatic N) is 1. The lowest BCUT2D eigenvalue weighted by Gasteiger charge is -2.31. The first-order valence-corrected chi connectivity index (χ1v) is 10.9. The van der Waals surface area contributed by atoms with Crippen LogP contribution in [0.1, 0.15) is 25.8 Å². The van der Waals surface area contributed by atoms with Gasteiger partial charge in [-0.1, -0.05) is 13.8 Å². The molecule has 0 aliphatic carbocycles. The van der Waals surface area contributed by atoms with E-state index in [0.29, 0.717) is 18.0 Å². The first kappa shape index (κ1) is 21.0. The topological polar surface area (TPSA) is 84.9 Å². The normalized spacial score (nSPS) is 13.8. The second-order valence-corrected chi connectivity index (χ2v) is 8.86. The molecule has 0 saturated heterocycles. The van der Waals surface area contributed by atoms with Crippen molar-refractivity contribution in [2.75, 3.05) is 30.4 Å². The number of hydrogen-bond acceptors (Lipinski definition) is 5. The van der Waals surface area contributed by atoms with Crippen LogP contribution in [-0.2, 0) is 21.2 Å². The number of hydrogen-bond donors (Lipinski definition) is 1. The van der Waals surface area contributed by atoms with Gasteiger partial charge in [0.05, 0.1) is 14.2 Å². The fourth-order valence-electron chi connectivity index (χ4n) is 3.41. The lowest BCUT2D eigenvalue weighted by Crippen LogP contribution is -2.38. The molecule has 1 aliphatic heterocycles. The Balaban J connectivity index is 1.90. The molecule has 7 nitrogen and oxygen atoms in total. The molecule has 2 aromatic rings. The number of ether oxygens (including phenoxy) is 2. The largest absolute Gasteiger partial charge is 0.497 e. The summed E-state index contributed by atoms with van der Waals surface area (Å²) < 4.78 is 38.8. The SMILES string of the molecule is COc1ccc(S(=O)(=O)Nc2ccc3c(c2)CCCN3C(=O)C(C)C)c(OC)c1. The van der Waals surface area contributed by atoms with E-state index in [1.54, 1.807) is 29.2 Å². The van der Waals surface area contributed by atoms with Gasteiger partial charge in [-0.3, -0.25) is 9.52 Å². The zero-order valence-electron chi connectivity index (χ0n) is 17.1. The molecule has 1 N–H and O–H groups in total. The average molecular weight is 419 g/mol. The van der Waals surface area contributed by atoms with Gasteiger partial charge in [0.25, 0.3) is 10.0 Å². The summed E-state index contributed by atoms with van der Waals surface area (Å²) in [5, 5.41) is 0. The van der Waals surface area contributed by atoms with Crippen LogP contribution < -0.4 is 19.1 Å². The van der Waals surface area contributed by atoms with Crippen molar-refractivity contribution in [2.24, 2.45) is 5.92 Å². The molecule has 0 atom stereocenters. The van der Waals surface area contributed by atoms with Crippen LogP contribution in [0.15, 0.2) is 41.3 Å². The quantitative estimate of drug-likeness (QED) is 0.777. The highest BCUT2D eigenvalue weighted by atomic mass is 32.2. The Labute approximate surface area is 171 Å². The van der Waals surface area contributed by atoms with Gasteiger partial charge in [-0.05, 0) is 48.7 Å². The molecule has 2 aromatic carbocycles. The van der Waals surface area contributed by atoms with Crippen molar-refractivity contribution >= 4 is 27.3 Å². The second kappa shape index (κ2) is 8.32. The zero-order valence-corrected chi connectivity index (χ0v) is 17.9. The Morgan fingerprint density at radius 2 is 1.86 bits per heavy atom. The van der Waals surface area contributed by atoms with E-state index in [9.17, 15) is 13.2 Å². The molecule has 0 spiro atoms. The third-order valence-corrected chi connectivity index (χ3v) is 6.29. The highest BCUT2D eigenvalue weighted by Crippen LogP contribution is 2.33. The molecule has 156 valence electrons. The predicted molar refractivity (Wildman–Crippen MR) is 112 cm³/mol. The molecule has 1 amide bonds. The summed E-state index contributed by atoms with van der Waals surface area (Å²) in [4.78, 5) is 14.3. The molecular formula is C21H26N2O5S. The van der Waals surface area contributed by atoms with Gasteiger partial charge in [-0.15, -0.1) is 0 Å². The molecule has 29 heavy (non-hydrogen) atoms. The van der Waals surface area contributed by atoms with Gasteiger partial charge in [0.2, 0.25) is 5.91 Å². The van der Waals surface area contributed by atoms with Gasteiger partial charge in [0.15, 0.2) is 0 Å². The van der Waals surface area contributed by atoms with Gasteiger partial charge < -0.3 is 14.4 Å². The number of fused-ring (bicyclic) bond motifs is 1. The van der Waals surface area contributed by atoms with Crippen molar-refractivity contribution in [1.82, 2.24) is 0 Å². The number of anilines is 2. The van der Waals surface area contributed by atoms with E-state index in [1.165, 1.54) is 26.4 Å². The average Bonchev–Trinajstić information content (AvgIpc) is 2.71. The molecular weight excluding hydrogens is 392 g/mol. The maximum absolute atomic E-state index is 12.9. The second-order valence-electron chi connectivity index (χ2n) is 7.21. The fourth-order valence-corrected chi connectivity index (χ4v) is 4.61. The zero-order chi connectivity index (χ0) is 21.2. The molecule has 0 aromatic heterocycles. The molecule has 1 heterocycles. The van der Waals surface area contributed by atoms with E-state index in [-0.39, 0.29) is 22.5 Å². The number of carbonyl (C=O) groups excluding carboxylic acids is 1. The minimum absolute atomic E-state index is 0.0233. The molecule has 0 fully saturated rings. The number of methoxy groups -OCH3 is 2. The summed E-state index contributed by atoms with van der Waals surface area (Å²) in [5.41, 5.74) is 2.24. The Hall–Kier alpha value is -2.74. The van der Waals surface area contributed by atoms with Crippen LogP contribution in [0.25, 0.3) is 0 Å². The fraction of sp³-hybridized carbons (Fsp3) is 0.381. The van der Waals surface area contributed by atoms with Crippen LogP contribution >= 0.6 is 0 Å². The van der Waals surface area contributed by atoms with E-state index >= 15 is 0 Å².